The zero-order chi connectivity index (χ0) is 13.3. The molecule has 0 aliphatic carbocycles. The highest BCUT2D eigenvalue weighted by atomic mass is 32.1. The van der Waals surface area contributed by atoms with Crippen LogP contribution in [0.4, 0.5) is 5.69 Å². The number of aliphatic hydroxyl groups is 1. The van der Waals surface area contributed by atoms with Gasteiger partial charge in [-0.2, -0.15) is 11.3 Å². The normalized spacial score (nSPS) is 16.7. The first-order valence-corrected chi connectivity index (χ1v) is 6.86. The number of thiophene rings is 1. The molecule has 1 aliphatic heterocycles. The van der Waals surface area contributed by atoms with E-state index < -0.39 is 5.60 Å². The largest absolute Gasteiger partial charge is 0.380 e. The fourth-order valence-corrected chi connectivity index (χ4v) is 2.56. The van der Waals surface area contributed by atoms with Gasteiger partial charge >= 0.3 is 0 Å². The molecule has 4 nitrogen and oxygen atoms in total. The first-order valence-electron chi connectivity index (χ1n) is 5.92. The van der Waals surface area contributed by atoms with E-state index in [1.165, 1.54) is 11.3 Å². The van der Waals surface area contributed by atoms with Gasteiger partial charge in [-0.05, 0) is 29.1 Å². The average Bonchev–Trinajstić information content (AvgIpc) is 2.91. The first kappa shape index (κ1) is 12.3. The Morgan fingerprint density at radius 1 is 1.26 bits per heavy atom. The summed E-state index contributed by atoms with van der Waals surface area (Å²) in [6, 6.07) is 8.98. The van der Waals surface area contributed by atoms with Gasteiger partial charge in [-0.3, -0.25) is 4.79 Å². The number of rotatable bonds is 3. The monoisotopic (exact) mass is 275 g/mol. The Bertz CT molecular complexity index is 573. The standard InChI is InChI=1S/C14H13NO3S/c16-13(10-5-6-19-7-10)15-12-3-1-11(2-4-12)14(17)8-18-9-14/h1-7,17H,8-9H2,(H,15,16). The average molecular weight is 275 g/mol. The third kappa shape index (κ3) is 2.40. The lowest BCUT2D eigenvalue weighted by molar-refractivity contribution is -0.184. The molecule has 0 spiro atoms. The molecular weight excluding hydrogens is 262 g/mol. The topological polar surface area (TPSA) is 58.6 Å². The molecule has 0 bridgehead atoms. The van der Waals surface area contributed by atoms with E-state index in [0.717, 1.165) is 5.56 Å². The van der Waals surface area contributed by atoms with Crippen molar-refractivity contribution in [3.63, 3.8) is 0 Å². The lowest BCUT2D eigenvalue weighted by Gasteiger charge is -2.36. The minimum atomic E-state index is -0.865. The molecule has 98 valence electrons. The van der Waals surface area contributed by atoms with Crippen molar-refractivity contribution in [3.05, 3.63) is 52.2 Å². The summed E-state index contributed by atoms with van der Waals surface area (Å²) in [5.41, 5.74) is 1.31. The van der Waals surface area contributed by atoms with Crippen LogP contribution in [-0.4, -0.2) is 24.2 Å². The number of nitrogens with one attached hydrogen (secondary N) is 1. The van der Waals surface area contributed by atoms with Crippen LogP contribution in [0.5, 0.6) is 0 Å². The SMILES string of the molecule is O=C(Nc1ccc(C2(O)COC2)cc1)c1ccsc1. The van der Waals surface area contributed by atoms with Crippen LogP contribution in [0.2, 0.25) is 0 Å². The summed E-state index contributed by atoms with van der Waals surface area (Å²) in [7, 11) is 0. The van der Waals surface area contributed by atoms with Gasteiger partial charge in [0.25, 0.3) is 5.91 Å². The molecule has 0 unspecified atom stereocenters. The van der Waals surface area contributed by atoms with Gasteiger partial charge in [-0.15, -0.1) is 0 Å². The van der Waals surface area contributed by atoms with E-state index in [-0.39, 0.29) is 5.91 Å². The van der Waals surface area contributed by atoms with E-state index in [2.05, 4.69) is 5.32 Å². The number of hydrogen-bond donors (Lipinski definition) is 2. The highest BCUT2D eigenvalue weighted by molar-refractivity contribution is 7.08. The van der Waals surface area contributed by atoms with Crippen LogP contribution >= 0.6 is 11.3 Å². The third-order valence-electron chi connectivity index (χ3n) is 3.15. The summed E-state index contributed by atoms with van der Waals surface area (Å²) < 4.78 is 5.02. The minimum Gasteiger partial charge on any atom is -0.380 e. The van der Waals surface area contributed by atoms with E-state index in [4.69, 9.17) is 4.74 Å². The van der Waals surface area contributed by atoms with Crippen LogP contribution in [0, 0.1) is 0 Å². The fraction of sp³-hybridized carbons (Fsp3) is 0.214. The number of carbonyl (C=O) groups excluding carboxylic acids is 1. The van der Waals surface area contributed by atoms with Gasteiger partial charge in [0.05, 0.1) is 18.8 Å². The molecular formula is C14H13NO3S. The fourth-order valence-electron chi connectivity index (χ4n) is 1.92. The molecule has 3 rings (SSSR count). The Kier molecular flexibility index (Phi) is 3.10. The summed E-state index contributed by atoms with van der Waals surface area (Å²) in [4.78, 5) is 11.9. The van der Waals surface area contributed by atoms with E-state index in [1.54, 1.807) is 23.6 Å². The molecule has 1 saturated heterocycles. The Morgan fingerprint density at radius 2 is 2.00 bits per heavy atom. The van der Waals surface area contributed by atoms with Crippen molar-refractivity contribution >= 4 is 22.9 Å². The van der Waals surface area contributed by atoms with E-state index >= 15 is 0 Å². The van der Waals surface area contributed by atoms with E-state index in [9.17, 15) is 9.90 Å². The predicted octanol–water partition coefficient (Wildman–Crippen LogP) is 2.22. The summed E-state index contributed by atoms with van der Waals surface area (Å²) in [5.74, 6) is -0.125. The Morgan fingerprint density at radius 3 is 2.53 bits per heavy atom. The van der Waals surface area contributed by atoms with Gasteiger partial charge < -0.3 is 15.2 Å². The molecule has 1 fully saturated rings. The minimum absolute atomic E-state index is 0.125. The van der Waals surface area contributed by atoms with Gasteiger partial charge in [0.15, 0.2) is 0 Å². The van der Waals surface area contributed by atoms with Gasteiger partial charge in [0.2, 0.25) is 0 Å². The molecule has 1 amide bonds. The van der Waals surface area contributed by atoms with Crippen LogP contribution < -0.4 is 5.32 Å². The molecule has 1 aromatic heterocycles. The first-order chi connectivity index (χ1) is 9.17. The number of ether oxygens (including phenoxy) is 1. The second-order valence-corrected chi connectivity index (χ2v) is 5.35. The molecule has 5 heteroatoms. The van der Waals surface area contributed by atoms with Crippen molar-refractivity contribution in [1.82, 2.24) is 0 Å². The van der Waals surface area contributed by atoms with Gasteiger partial charge in [0.1, 0.15) is 5.60 Å². The maximum absolute atomic E-state index is 11.9. The molecule has 19 heavy (non-hydrogen) atoms. The van der Waals surface area contributed by atoms with Gasteiger partial charge in [-0.1, -0.05) is 12.1 Å². The molecule has 2 heterocycles. The molecule has 1 aliphatic rings. The smallest absolute Gasteiger partial charge is 0.256 e. The quantitative estimate of drug-likeness (QED) is 0.903. The van der Waals surface area contributed by atoms with Crippen molar-refractivity contribution in [3.8, 4) is 0 Å². The lowest BCUT2D eigenvalue weighted by atomic mass is 9.92. The molecule has 1 aromatic carbocycles. The van der Waals surface area contributed by atoms with Crippen LogP contribution in [0.15, 0.2) is 41.1 Å². The van der Waals surface area contributed by atoms with Crippen molar-refractivity contribution in [2.45, 2.75) is 5.60 Å². The zero-order valence-corrected chi connectivity index (χ0v) is 10.9. The summed E-state index contributed by atoms with van der Waals surface area (Å²) in [6.45, 7) is 0.654. The van der Waals surface area contributed by atoms with Crippen molar-refractivity contribution in [1.29, 1.82) is 0 Å². The summed E-state index contributed by atoms with van der Waals surface area (Å²) in [5, 5.41) is 16.6. The molecule has 0 atom stereocenters. The Hall–Kier alpha value is -1.69. The van der Waals surface area contributed by atoms with Crippen molar-refractivity contribution < 1.29 is 14.6 Å². The van der Waals surface area contributed by atoms with Crippen LogP contribution in [0.3, 0.4) is 0 Å². The number of hydrogen-bond acceptors (Lipinski definition) is 4. The van der Waals surface area contributed by atoms with Crippen molar-refractivity contribution in [2.75, 3.05) is 18.5 Å². The summed E-state index contributed by atoms with van der Waals surface area (Å²) in [6.07, 6.45) is 0. The van der Waals surface area contributed by atoms with Gasteiger partial charge in [-0.25, -0.2) is 0 Å². The maximum Gasteiger partial charge on any atom is 0.256 e. The van der Waals surface area contributed by atoms with Crippen LogP contribution in [0.1, 0.15) is 15.9 Å². The lowest BCUT2D eigenvalue weighted by Crippen LogP contribution is -2.46. The number of anilines is 1. The molecule has 0 radical (unpaired) electrons. The van der Waals surface area contributed by atoms with Gasteiger partial charge in [0, 0.05) is 11.1 Å². The Labute approximate surface area is 114 Å². The van der Waals surface area contributed by atoms with Crippen LogP contribution in [0.25, 0.3) is 0 Å². The predicted molar refractivity (Wildman–Crippen MR) is 73.4 cm³/mol. The molecule has 2 aromatic rings. The molecule has 0 saturated carbocycles. The van der Waals surface area contributed by atoms with Crippen molar-refractivity contribution in [2.24, 2.45) is 0 Å². The number of carbonyl (C=O) groups is 1. The second kappa shape index (κ2) is 4.77. The highest BCUT2D eigenvalue weighted by Crippen LogP contribution is 2.29. The maximum atomic E-state index is 11.9. The van der Waals surface area contributed by atoms with Crippen LogP contribution in [-0.2, 0) is 10.3 Å². The second-order valence-electron chi connectivity index (χ2n) is 4.57. The third-order valence-corrected chi connectivity index (χ3v) is 3.83. The van der Waals surface area contributed by atoms with E-state index in [1.807, 2.05) is 17.5 Å². The summed E-state index contributed by atoms with van der Waals surface area (Å²) >= 11 is 1.49. The number of amides is 1. The molecule has 2 N–H and O–H groups in total. The van der Waals surface area contributed by atoms with E-state index in [0.29, 0.717) is 24.5 Å². The number of benzene rings is 1. The highest BCUT2D eigenvalue weighted by Gasteiger charge is 2.37. The Balaban J connectivity index is 1.71. The zero-order valence-electron chi connectivity index (χ0n) is 10.1.